The highest BCUT2D eigenvalue weighted by atomic mass is 32.2. The maximum absolute atomic E-state index is 12.4. The minimum atomic E-state index is -2.80. The summed E-state index contributed by atoms with van der Waals surface area (Å²) >= 11 is 0. The van der Waals surface area contributed by atoms with Gasteiger partial charge in [-0.1, -0.05) is 65.2 Å². The lowest BCUT2D eigenvalue weighted by atomic mass is 10.1. The summed E-state index contributed by atoms with van der Waals surface area (Å²) in [6.07, 6.45) is 13.2. The Morgan fingerprint density at radius 2 is 1.32 bits per heavy atom. The second-order valence-electron chi connectivity index (χ2n) is 6.11. The first-order valence-electron chi connectivity index (χ1n) is 8.35. The molecule has 0 heterocycles. The standard InChI is InChI=1S/C16H32O2S/c1-3-5-7-8-10-12-15(11-9-6-4-2)19(17,18)16-13-14-16/h15-16H,3-14H2,1-2H3. The van der Waals surface area contributed by atoms with E-state index in [4.69, 9.17) is 0 Å². The predicted octanol–water partition coefficient (Wildman–Crippen LogP) is 4.87. The van der Waals surface area contributed by atoms with Gasteiger partial charge in [-0.05, 0) is 25.7 Å². The van der Waals surface area contributed by atoms with Crippen LogP contribution in [0.2, 0.25) is 0 Å². The Hall–Kier alpha value is -0.0500. The van der Waals surface area contributed by atoms with Crippen molar-refractivity contribution < 1.29 is 8.42 Å². The highest BCUT2D eigenvalue weighted by Gasteiger charge is 2.40. The molecule has 3 heteroatoms. The van der Waals surface area contributed by atoms with Gasteiger partial charge in [0.2, 0.25) is 0 Å². The number of rotatable bonds is 12. The van der Waals surface area contributed by atoms with Crippen molar-refractivity contribution in [2.24, 2.45) is 0 Å². The van der Waals surface area contributed by atoms with Gasteiger partial charge in [-0.25, -0.2) is 8.42 Å². The molecule has 1 aliphatic carbocycles. The maximum atomic E-state index is 12.4. The molecular formula is C16H32O2S. The molecule has 1 aliphatic rings. The van der Waals surface area contributed by atoms with E-state index in [1.807, 2.05) is 0 Å². The Morgan fingerprint density at radius 1 is 0.842 bits per heavy atom. The van der Waals surface area contributed by atoms with E-state index in [0.29, 0.717) is 0 Å². The number of hydrogen-bond acceptors (Lipinski definition) is 2. The van der Waals surface area contributed by atoms with Crippen LogP contribution in [0, 0.1) is 0 Å². The third kappa shape index (κ3) is 6.29. The molecule has 1 saturated carbocycles. The molecule has 1 atom stereocenters. The van der Waals surface area contributed by atoms with E-state index in [1.165, 1.54) is 38.5 Å². The van der Waals surface area contributed by atoms with E-state index in [-0.39, 0.29) is 10.5 Å². The SMILES string of the molecule is CCCCCCCC(CCCCC)S(=O)(=O)C1CC1. The van der Waals surface area contributed by atoms with Crippen molar-refractivity contribution >= 4 is 9.84 Å². The van der Waals surface area contributed by atoms with E-state index in [1.54, 1.807) is 0 Å². The van der Waals surface area contributed by atoms with Crippen LogP contribution in [0.3, 0.4) is 0 Å². The van der Waals surface area contributed by atoms with Gasteiger partial charge < -0.3 is 0 Å². The molecule has 0 spiro atoms. The van der Waals surface area contributed by atoms with Crippen molar-refractivity contribution in [3.8, 4) is 0 Å². The summed E-state index contributed by atoms with van der Waals surface area (Å²) in [5.74, 6) is 0. The van der Waals surface area contributed by atoms with Crippen molar-refractivity contribution in [2.45, 2.75) is 101 Å². The summed E-state index contributed by atoms with van der Waals surface area (Å²) in [5, 5.41) is -0.0112. The first kappa shape index (κ1) is 17.0. The molecule has 0 amide bonds. The number of unbranched alkanes of at least 4 members (excludes halogenated alkanes) is 6. The van der Waals surface area contributed by atoms with Gasteiger partial charge in [0, 0.05) is 0 Å². The Morgan fingerprint density at radius 3 is 1.84 bits per heavy atom. The van der Waals surface area contributed by atoms with Crippen molar-refractivity contribution in [1.82, 2.24) is 0 Å². The monoisotopic (exact) mass is 288 g/mol. The molecule has 0 aromatic carbocycles. The predicted molar refractivity (Wildman–Crippen MR) is 83.2 cm³/mol. The van der Waals surface area contributed by atoms with E-state index < -0.39 is 9.84 Å². The second kappa shape index (κ2) is 8.99. The number of hydrogen-bond donors (Lipinski definition) is 0. The fourth-order valence-corrected chi connectivity index (χ4v) is 5.07. The molecule has 0 N–H and O–H groups in total. The summed E-state index contributed by atoms with van der Waals surface area (Å²) in [4.78, 5) is 0. The van der Waals surface area contributed by atoms with Crippen LogP contribution < -0.4 is 0 Å². The van der Waals surface area contributed by atoms with Crippen LogP contribution in [0.4, 0.5) is 0 Å². The summed E-state index contributed by atoms with van der Waals surface area (Å²) in [7, 11) is -2.80. The molecule has 1 rings (SSSR count). The fourth-order valence-electron chi connectivity index (χ4n) is 2.74. The number of sulfone groups is 1. The zero-order valence-corrected chi connectivity index (χ0v) is 13.7. The van der Waals surface area contributed by atoms with Gasteiger partial charge in [0.1, 0.15) is 0 Å². The molecule has 19 heavy (non-hydrogen) atoms. The molecule has 1 unspecified atom stereocenters. The first-order chi connectivity index (χ1) is 9.12. The van der Waals surface area contributed by atoms with E-state index in [0.717, 1.165) is 38.5 Å². The topological polar surface area (TPSA) is 34.1 Å². The van der Waals surface area contributed by atoms with Gasteiger partial charge in [-0.15, -0.1) is 0 Å². The van der Waals surface area contributed by atoms with E-state index >= 15 is 0 Å². The van der Waals surface area contributed by atoms with Crippen LogP contribution in [0.15, 0.2) is 0 Å². The lowest BCUT2D eigenvalue weighted by molar-refractivity contribution is 0.521. The Labute approximate surface area is 120 Å². The minimum Gasteiger partial charge on any atom is -0.228 e. The zero-order valence-electron chi connectivity index (χ0n) is 12.9. The quantitative estimate of drug-likeness (QED) is 0.480. The fraction of sp³-hybridized carbons (Fsp3) is 1.00. The van der Waals surface area contributed by atoms with Gasteiger partial charge in [0.05, 0.1) is 10.5 Å². The normalized spacial score (nSPS) is 17.6. The average molecular weight is 288 g/mol. The second-order valence-corrected chi connectivity index (χ2v) is 8.62. The molecule has 0 saturated heterocycles. The lowest BCUT2D eigenvalue weighted by Crippen LogP contribution is -2.25. The summed E-state index contributed by atoms with van der Waals surface area (Å²) < 4.78 is 24.8. The molecule has 0 aliphatic heterocycles. The highest BCUT2D eigenvalue weighted by Crippen LogP contribution is 2.34. The highest BCUT2D eigenvalue weighted by molar-refractivity contribution is 7.92. The Kier molecular flexibility index (Phi) is 8.05. The molecule has 0 aromatic rings. The van der Waals surface area contributed by atoms with Crippen LogP contribution in [-0.4, -0.2) is 18.9 Å². The molecule has 0 aromatic heterocycles. The molecule has 1 fully saturated rings. The first-order valence-corrected chi connectivity index (χ1v) is 9.96. The molecule has 0 radical (unpaired) electrons. The van der Waals surface area contributed by atoms with Crippen molar-refractivity contribution in [2.75, 3.05) is 0 Å². The minimum absolute atomic E-state index is 0.0229. The van der Waals surface area contributed by atoms with Gasteiger partial charge >= 0.3 is 0 Å². The maximum Gasteiger partial charge on any atom is 0.156 e. The Bertz CT molecular complexity index is 318. The van der Waals surface area contributed by atoms with Crippen molar-refractivity contribution in [3.63, 3.8) is 0 Å². The van der Waals surface area contributed by atoms with Gasteiger partial charge in [-0.3, -0.25) is 0 Å². The molecule has 114 valence electrons. The van der Waals surface area contributed by atoms with Crippen LogP contribution in [0.25, 0.3) is 0 Å². The summed E-state index contributed by atoms with van der Waals surface area (Å²) in [5.41, 5.74) is 0. The van der Waals surface area contributed by atoms with Gasteiger partial charge in [-0.2, -0.15) is 0 Å². The van der Waals surface area contributed by atoms with Crippen LogP contribution in [-0.2, 0) is 9.84 Å². The van der Waals surface area contributed by atoms with Crippen LogP contribution in [0.1, 0.15) is 90.9 Å². The molecule has 0 bridgehead atoms. The van der Waals surface area contributed by atoms with Gasteiger partial charge in [0.25, 0.3) is 0 Å². The summed E-state index contributed by atoms with van der Waals surface area (Å²) in [6, 6.07) is 0. The van der Waals surface area contributed by atoms with E-state index in [9.17, 15) is 8.42 Å². The molecule has 2 nitrogen and oxygen atoms in total. The molecular weight excluding hydrogens is 256 g/mol. The van der Waals surface area contributed by atoms with Gasteiger partial charge in [0.15, 0.2) is 9.84 Å². The smallest absolute Gasteiger partial charge is 0.156 e. The average Bonchev–Trinajstić information content (AvgIpc) is 3.21. The third-order valence-electron chi connectivity index (χ3n) is 4.21. The largest absolute Gasteiger partial charge is 0.228 e. The van der Waals surface area contributed by atoms with Crippen LogP contribution in [0.5, 0.6) is 0 Å². The summed E-state index contributed by atoms with van der Waals surface area (Å²) in [6.45, 7) is 4.39. The van der Waals surface area contributed by atoms with E-state index in [2.05, 4.69) is 13.8 Å². The van der Waals surface area contributed by atoms with Crippen molar-refractivity contribution in [1.29, 1.82) is 0 Å². The lowest BCUT2D eigenvalue weighted by Gasteiger charge is -2.17. The Balaban J connectivity index is 2.36. The third-order valence-corrected chi connectivity index (χ3v) is 7.01. The zero-order chi connectivity index (χ0) is 14.1. The van der Waals surface area contributed by atoms with Crippen molar-refractivity contribution in [3.05, 3.63) is 0 Å². The van der Waals surface area contributed by atoms with Crippen LogP contribution >= 0.6 is 0 Å².